The Hall–Kier alpha value is -0.660. The lowest BCUT2D eigenvalue weighted by Crippen LogP contribution is -2.56. The molecule has 2 saturated heterocycles. The fourth-order valence-electron chi connectivity index (χ4n) is 3.71. The Morgan fingerprint density at radius 2 is 1.96 bits per heavy atom. The first-order chi connectivity index (χ1) is 10.9. The molecule has 6 nitrogen and oxygen atoms in total. The number of likely N-dealkylation sites (tertiary alicyclic amines) is 1. The summed E-state index contributed by atoms with van der Waals surface area (Å²) in [6, 6.07) is -0.441. The van der Waals surface area contributed by atoms with Gasteiger partial charge in [0, 0.05) is 25.7 Å². The van der Waals surface area contributed by atoms with Crippen molar-refractivity contribution in [2.75, 3.05) is 25.4 Å². The number of piperidine rings is 2. The topological polar surface area (TPSA) is 83.7 Å². The van der Waals surface area contributed by atoms with Gasteiger partial charge in [0.2, 0.25) is 15.9 Å². The Labute approximate surface area is 140 Å². The van der Waals surface area contributed by atoms with Gasteiger partial charge in [-0.3, -0.25) is 4.79 Å². The minimum absolute atomic E-state index is 0.0188. The van der Waals surface area contributed by atoms with Crippen molar-refractivity contribution in [2.45, 2.75) is 64.5 Å². The second kappa shape index (κ2) is 7.94. The molecule has 1 amide bonds. The molecule has 0 radical (unpaired) electrons. The van der Waals surface area contributed by atoms with E-state index in [2.05, 4.69) is 0 Å². The summed E-state index contributed by atoms with van der Waals surface area (Å²) in [6.07, 6.45) is 4.97. The number of nitrogens with zero attached hydrogens (tertiary/aromatic N) is 2. The van der Waals surface area contributed by atoms with Crippen molar-refractivity contribution >= 4 is 15.9 Å². The van der Waals surface area contributed by atoms with Crippen molar-refractivity contribution in [3.8, 4) is 0 Å². The van der Waals surface area contributed by atoms with Gasteiger partial charge in [0.1, 0.15) is 6.04 Å². The molecule has 0 saturated carbocycles. The molecule has 3 atom stereocenters. The summed E-state index contributed by atoms with van der Waals surface area (Å²) < 4.78 is 26.5. The van der Waals surface area contributed by atoms with Crippen molar-refractivity contribution in [3.05, 3.63) is 0 Å². The zero-order chi connectivity index (χ0) is 17.0. The lowest BCUT2D eigenvalue weighted by molar-refractivity contribution is -0.138. The lowest BCUT2D eigenvalue weighted by Gasteiger charge is -2.40. The van der Waals surface area contributed by atoms with Gasteiger partial charge in [-0.2, -0.15) is 4.31 Å². The average Bonchev–Trinajstić information content (AvgIpc) is 2.54. The Morgan fingerprint density at radius 3 is 2.61 bits per heavy atom. The van der Waals surface area contributed by atoms with Crippen molar-refractivity contribution in [1.82, 2.24) is 9.21 Å². The third kappa shape index (κ3) is 4.45. The van der Waals surface area contributed by atoms with E-state index in [0.29, 0.717) is 31.8 Å². The highest BCUT2D eigenvalue weighted by Crippen LogP contribution is 2.26. The molecule has 2 heterocycles. The summed E-state index contributed by atoms with van der Waals surface area (Å²) in [7, 11) is -3.33. The van der Waals surface area contributed by atoms with Crippen LogP contribution in [0.5, 0.6) is 0 Å². The third-order valence-corrected chi connectivity index (χ3v) is 7.15. The molecule has 3 unspecified atom stereocenters. The predicted octanol–water partition coefficient (Wildman–Crippen LogP) is 1.17. The molecule has 0 aliphatic carbocycles. The molecule has 0 aromatic carbocycles. The number of carbonyl (C=O) groups excluding carboxylic acids is 1. The summed E-state index contributed by atoms with van der Waals surface area (Å²) in [5.74, 6) is 0.422. The van der Waals surface area contributed by atoms with E-state index in [0.717, 1.165) is 32.2 Å². The summed E-state index contributed by atoms with van der Waals surface area (Å²) in [4.78, 5) is 14.8. The molecule has 2 rings (SSSR count). The van der Waals surface area contributed by atoms with Gasteiger partial charge in [-0.15, -0.1) is 0 Å². The minimum Gasteiger partial charge on any atom is -0.341 e. The van der Waals surface area contributed by atoms with Gasteiger partial charge in [-0.25, -0.2) is 8.42 Å². The molecular weight excluding hydrogens is 314 g/mol. The smallest absolute Gasteiger partial charge is 0.241 e. The molecule has 134 valence electrons. The van der Waals surface area contributed by atoms with Crippen molar-refractivity contribution in [2.24, 2.45) is 11.7 Å². The van der Waals surface area contributed by atoms with Gasteiger partial charge in [0.15, 0.2) is 0 Å². The standard InChI is InChI=1S/C16H31N3O3S/c1-3-11-23(21,22)19-10-5-4-8-15(19)16(20)18-9-6-7-14(12-18)13(2)17/h13-15H,3-12,17H2,1-2H3. The summed E-state index contributed by atoms with van der Waals surface area (Å²) >= 11 is 0. The number of amides is 1. The zero-order valence-electron chi connectivity index (χ0n) is 14.4. The van der Waals surface area contributed by atoms with Gasteiger partial charge in [0.05, 0.1) is 5.75 Å². The van der Waals surface area contributed by atoms with Crippen LogP contribution < -0.4 is 5.73 Å². The molecule has 7 heteroatoms. The van der Waals surface area contributed by atoms with Crippen LogP contribution in [0, 0.1) is 5.92 Å². The van der Waals surface area contributed by atoms with Crippen LogP contribution in [-0.4, -0.2) is 61.0 Å². The van der Waals surface area contributed by atoms with E-state index in [1.165, 1.54) is 4.31 Å². The molecule has 0 spiro atoms. The van der Waals surface area contributed by atoms with Crippen LogP contribution in [0.3, 0.4) is 0 Å². The van der Waals surface area contributed by atoms with Crippen molar-refractivity contribution < 1.29 is 13.2 Å². The molecule has 0 aromatic rings. The molecule has 2 aliphatic heterocycles. The average molecular weight is 346 g/mol. The maximum Gasteiger partial charge on any atom is 0.241 e. The Balaban J connectivity index is 2.12. The number of nitrogens with two attached hydrogens (primary N) is 1. The number of rotatable bonds is 5. The van der Waals surface area contributed by atoms with Crippen molar-refractivity contribution in [1.29, 1.82) is 0 Å². The molecular formula is C16H31N3O3S. The van der Waals surface area contributed by atoms with E-state index in [9.17, 15) is 13.2 Å². The predicted molar refractivity (Wildman–Crippen MR) is 91.4 cm³/mol. The highest BCUT2D eigenvalue weighted by Gasteiger charge is 2.39. The molecule has 0 bridgehead atoms. The maximum atomic E-state index is 13.0. The monoisotopic (exact) mass is 345 g/mol. The van der Waals surface area contributed by atoms with Crippen LogP contribution in [0.15, 0.2) is 0 Å². The SMILES string of the molecule is CCCS(=O)(=O)N1CCCCC1C(=O)N1CCCC(C(C)N)C1. The van der Waals surface area contributed by atoms with Crippen LogP contribution in [0.1, 0.15) is 52.4 Å². The van der Waals surface area contributed by atoms with E-state index in [-0.39, 0.29) is 17.7 Å². The zero-order valence-corrected chi connectivity index (χ0v) is 15.2. The van der Waals surface area contributed by atoms with E-state index in [4.69, 9.17) is 5.73 Å². The number of sulfonamides is 1. The minimum atomic E-state index is -3.33. The Kier molecular flexibility index (Phi) is 6.45. The van der Waals surface area contributed by atoms with Gasteiger partial charge >= 0.3 is 0 Å². The first kappa shape index (κ1) is 18.7. The first-order valence-corrected chi connectivity index (χ1v) is 10.5. The second-order valence-corrected chi connectivity index (χ2v) is 9.03. The summed E-state index contributed by atoms with van der Waals surface area (Å²) in [5, 5.41) is 0. The summed E-state index contributed by atoms with van der Waals surface area (Å²) in [5.41, 5.74) is 6.00. The van der Waals surface area contributed by atoms with E-state index in [1.54, 1.807) is 0 Å². The van der Waals surface area contributed by atoms with E-state index < -0.39 is 16.1 Å². The van der Waals surface area contributed by atoms with Crippen molar-refractivity contribution in [3.63, 3.8) is 0 Å². The molecule has 2 fully saturated rings. The first-order valence-electron chi connectivity index (χ1n) is 8.90. The second-order valence-electron chi connectivity index (χ2n) is 6.98. The quantitative estimate of drug-likeness (QED) is 0.810. The van der Waals surface area contributed by atoms with E-state index in [1.807, 2.05) is 18.7 Å². The van der Waals surface area contributed by atoms with Crippen LogP contribution in [0.4, 0.5) is 0 Å². The highest BCUT2D eigenvalue weighted by molar-refractivity contribution is 7.89. The number of hydrogen-bond acceptors (Lipinski definition) is 4. The van der Waals surface area contributed by atoms with E-state index >= 15 is 0 Å². The number of hydrogen-bond donors (Lipinski definition) is 1. The number of carbonyl (C=O) groups is 1. The normalized spacial score (nSPS) is 28.6. The van der Waals surface area contributed by atoms with Gasteiger partial charge in [-0.1, -0.05) is 13.3 Å². The Bertz CT molecular complexity index is 507. The van der Waals surface area contributed by atoms with Gasteiger partial charge in [-0.05, 0) is 44.9 Å². The van der Waals surface area contributed by atoms with Crippen LogP contribution >= 0.6 is 0 Å². The Morgan fingerprint density at radius 1 is 1.22 bits per heavy atom. The fourth-order valence-corrected chi connectivity index (χ4v) is 5.45. The van der Waals surface area contributed by atoms with Gasteiger partial charge in [0.25, 0.3) is 0 Å². The highest BCUT2D eigenvalue weighted by atomic mass is 32.2. The molecule has 23 heavy (non-hydrogen) atoms. The molecule has 2 aliphatic rings. The van der Waals surface area contributed by atoms with Crippen LogP contribution in [0.2, 0.25) is 0 Å². The largest absolute Gasteiger partial charge is 0.341 e. The molecule has 0 aromatic heterocycles. The molecule has 2 N–H and O–H groups in total. The van der Waals surface area contributed by atoms with Crippen LogP contribution in [-0.2, 0) is 14.8 Å². The third-order valence-electron chi connectivity index (χ3n) is 5.07. The maximum absolute atomic E-state index is 13.0. The summed E-state index contributed by atoms with van der Waals surface area (Å²) in [6.45, 7) is 5.70. The van der Waals surface area contributed by atoms with Crippen LogP contribution in [0.25, 0.3) is 0 Å². The fraction of sp³-hybridized carbons (Fsp3) is 0.938. The lowest BCUT2D eigenvalue weighted by atomic mass is 9.91. The van der Waals surface area contributed by atoms with Gasteiger partial charge < -0.3 is 10.6 Å².